The first-order valence-electron chi connectivity index (χ1n) is 9.34. The van der Waals surface area contributed by atoms with Gasteiger partial charge in [-0.05, 0) is 41.5 Å². The Balaban J connectivity index is 1.65. The van der Waals surface area contributed by atoms with E-state index in [2.05, 4.69) is 4.98 Å². The number of fused-ring (bicyclic) bond motifs is 1. The van der Waals surface area contributed by atoms with Crippen molar-refractivity contribution in [1.82, 2.24) is 4.98 Å². The van der Waals surface area contributed by atoms with Gasteiger partial charge in [-0.25, -0.2) is 4.98 Å². The highest BCUT2D eigenvalue weighted by atomic mass is 35.5. The largest absolute Gasteiger partial charge is 0.280 e. The molecule has 31 heavy (non-hydrogen) atoms. The zero-order chi connectivity index (χ0) is 21.8. The van der Waals surface area contributed by atoms with Crippen LogP contribution in [-0.2, 0) is 11.3 Å². The van der Waals surface area contributed by atoms with Crippen molar-refractivity contribution in [2.45, 2.75) is 6.54 Å². The molecule has 0 bridgehead atoms. The number of amides is 1. The molecule has 8 heteroatoms. The number of para-hydroxylation sites is 1. The Morgan fingerprint density at radius 2 is 1.81 bits per heavy atom. The summed E-state index contributed by atoms with van der Waals surface area (Å²) >= 11 is 7.66. The Hall–Kier alpha value is -3.55. The molecule has 4 rings (SSSR count). The maximum absolute atomic E-state index is 13.1. The highest BCUT2D eigenvalue weighted by molar-refractivity contribution is 7.22. The fourth-order valence-electron chi connectivity index (χ4n) is 2.99. The summed E-state index contributed by atoms with van der Waals surface area (Å²) in [5, 5.41) is 11.9. The van der Waals surface area contributed by atoms with Crippen LogP contribution < -0.4 is 4.90 Å². The van der Waals surface area contributed by atoms with Crippen LogP contribution >= 0.6 is 22.9 Å². The van der Waals surface area contributed by atoms with E-state index in [4.69, 9.17) is 11.6 Å². The van der Waals surface area contributed by atoms with Crippen LogP contribution in [0.5, 0.6) is 0 Å². The molecule has 0 atom stereocenters. The Bertz CT molecular complexity index is 1270. The number of rotatable bonds is 6. The minimum absolute atomic E-state index is 0.000495. The van der Waals surface area contributed by atoms with E-state index in [-0.39, 0.29) is 11.6 Å². The number of non-ortho nitro benzene ring substituents is 1. The molecule has 0 unspecified atom stereocenters. The third kappa shape index (κ3) is 4.79. The second kappa shape index (κ2) is 9.07. The molecule has 4 aromatic rings. The van der Waals surface area contributed by atoms with Crippen molar-refractivity contribution >= 4 is 56.0 Å². The molecular formula is C23H16ClN3O3S. The van der Waals surface area contributed by atoms with Crippen LogP contribution in [0.4, 0.5) is 10.8 Å². The number of carbonyl (C=O) groups is 1. The van der Waals surface area contributed by atoms with Crippen molar-refractivity contribution in [3.63, 3.8) is 0 Å². The molecular weight excluding hydrogens is 434 g/mol. The smallest absolute Gasteiger partial charge is 0.269 e. The van der Waals surface area contributed by atoms with E-state index >= 15 is 0 Å². The van der Waals surface area contributed by atoms with Gasteiger partial charge < -0.3 is 0 Å². The summed E-state index contributed by atoms with van der Waals surface area (Å²) in [7, 11) is 0. The summed E-state index contributed by atoms with van der Waals surface area (Å²) in [5.74, 6) is -0.252. The summed E-state index contributed by atoms with van der Waals surface area (Å²) in [6.45, 7) is 0.349. The fraction of sp³-hybridized carbons (Fsp3) is 0.0435. The second-order valence-electron chi connectivity index (χ2n) is 6.67. The van der Waals surface area contributed by atoms with Crippen LogP contribution in [0.2, 0.25) is 5.02 Å². The molecule has 0 fully saturated rings. The van der Waals surface area contributed by atoms with Gasteiger partial charge in [-0.3, -0.25) is 19.8 Å². The van der Waals surface area contributed by atoms with E-state index in [1.54, 1.807) is 29.2 Å². The Morgan fingerprint density at radius 1 is 1.06 bits per heavy atom. The highest BCUT2D eigenvalue weighted by Gasteiger charge is 2.19. The lowest BCUT2D eigenvalue weighted by atomic mass is 10.2. The van der Waals surface area contributed by atoms with Gasteiger partial charge in [-0.15, -0.1) is 0 Å². The molecule has 3 aromatic carbocycles. The Labute approximate surface area is 187 Å². The van der Waals surface area contributed by atoms with Crippen molar-refractivity contribution < 1.29 is 9.72 Å². The number of anilines is 1. The molecule has 0 saturated carbocycles. The molecule has 6 nitrogen and oxygen atoms in total. The molecule has 154 valence electrons. The topological polar surface area (TPSA) is 76.3 Å². The summed E-state index contributed by atoms with van der Waals surface area (Å²) in [6.07, 6.45) is 3.07. The van der Waals surface area contributed by atoms with Crippen LogP contribution in [0.1, 0.15) is 11.1 Å². The van der Waals surface area contributed by atoms with Gasteiger partial charge in [0.15, 0.2) is 5.13 Å². The molecule has 0 aliphatic heterocycles. The predicted molar refractivity (Wildman–Crippen MR) is 124 cm³/mol. The SMILES string of the molecule is O=C(/C=C/c1ccc([N+](=O)[O-])cc1)N(Cc1ccccc1)c1nc2c(Cl)cccc2s1. The number of aromatic nitrogens is 1. The zero-order valence-electron chi connectivity index (χ0n) is 16.1. The molecule has 0 N–H and O–H groups in total. The van der Waals surface area contributed by atoms with Crippen molar-refractivity contribution in [3.05, 3.63) is 105 Å². The number of hydrogen-bond donors (Lipinski definition) is 0. The summed E-state index contributed by atoms with van der Waals surface area (Å²) in [6, 6.07) is 21.2. The van der Waals surface area contributed by atoms with Crippen molar-refractivity contribution in [3.8, 4) is 0 Å². The third-order valence-corrected chi connectivity index (χ3v) is 5.91. The first-order chi connectivity index (χ1) is 15.0. The molecule has 1 heterocycles. The fourth-order valence-corrected chi connectivity index (χ4v) is 4.26. The van der Waals surface area contributed by atoms with Crippen LogP contribution in [0.15, 0.2) is 78.9 Å². The van der Waals surface area contributed by atoms with Crippen molar-refractivity contribution in [2.24, 2.45) is 0 Å². The van der Waals surface area contributed by atoms with Gasteiger partial charge in [0.05, 0.1) is 21.2 Å². The number of carbonyl (C=O) groups excluding carboxylic acids is 1. The lowest BCUT2D eigenvalue weighted by Gasteiger charge is -2.18. The number of halogens is 1. The number of nitro benzene ring substituents is 1. The van der Waals surface area contributed by atoms with E-state index in [1.807, 2.05) is 42.5 Å². The van der Waals surface area contributed by atoms with E-state index in [0.29, 0.717) is 27.8 Å². The van der Waals surface area contributed by atoms with Gasteiger partial charge in [0, 0.05) is 18.2 Å². The Morgan fingerprint density at radius 3 is 2.48 bits per heavy atom. The van der Waals surface area contributed by atoms with E-state index in [0.717, 1.165) is 10.3 Å². The normalized spacial score (nSPS) is 11.1. The van der Waals surface area contributed by atoms with Crippen molar-refractivity contribution in [2.75, 3.05) is 4.90 Å². The monoisotopic (exact) mass is 449 g/mol. The molecule has 0 aliphatic rings. The van der Waals surface area contributed by atoms with Crippen LogP contribution in [0.3, 0.4) is 0 Å². The summed E-state index contributed by atoms with van der Waals surface area (Å²) in [5.41, 5.74) is 2.31. The number of benzene rings is 3. The first kappa shape index (κ1) is 20.7. The molecule has 0 saturated heterocycles. The van der Waals surface area contributed by atoms with Gasteiger partial charge in [0.1, 0.15) is 5.52 Å². The standard InChI is InChI=1S/C23H16ClN3O3S/c24-19-7-4-8-20-22(19)25-23(31-20)26(15-17-5-2-1-3-6-17)21(28)14-11-16-9-12-18(13-10-16)27(29)30/h1-14H,15H2/b14-11+. The van der Waals surface area contributed by atoms with Crippen LogP contribution in [0, 0.1) is 10.1 Å². The van der Waals surface area contributed by atoms with Gasteiger partial charge >= 0.3 is 0 Å². The molecule has 0 radical (unpaired) electrons. The van der Waals surface area contributed by atoms with E-state index in [9.17, 15) is 14.9 Å². The van der Waals surface area contributed by atoms with E-state index < -0.39 is 4.92 Å². The minimum Gasteiger partial charge on any atom is -0.280 e. The third-order valence-electron chi connectivity index (χ3n) is 4.56. The van der Waals surface area contributed by atoms with Gasteiger partial charge in [-0.1, -0.05) is 59.3 Å². The van der Waals surface area contributed by atoms with Crippen molar-refractivity contribution in [1.29, 1.82) is 0 Å². The maximum atomic E-state index is 13.1. The maximum Gasteiger partial charge on any atom is 0.269 e. The van der Waals surface area contributed by atoms with Gasteiger partial charge in [0.2, 0.25) is 0 Å². The quantitative estimate of drug-likeness (QED) is 0.202. The molecule has 0 spiro atoms. The lowest BCUT2D eigenvalue weighted by molar-refractivity contribution is -0.384. The molecule has 0 aliphatic carbocycles. The lowest BCUT2D eigenvalue weighted by Crippen LogP contribution is -2.28. The van der Waals surface area contributed by atoms with Crippen LogP contribution in [-0.4, -0.2) is 15.8 Å². The molecule has 1 amide bonds. The number of nitro groups is 1. The number of hydrogen-bond acceptors (Lipinski definition) is 5. The minimum atomic E-state index is -0.460. The van der Waals surface area contributed by atoms with Gasteiger partial charge in [-0.2, -0.15) is 0 Å². The number of nitrogens with zero attached hydrogens (tertiary/aromatic N) is 3. The summed E-state index contributed by atoms with van der Waals surface area (Å²) in [4.78, 5) is 29.7. The second-order valence-corrected chi connectivity index (χ2v) is 8.09. The number of thiazole rings is 1. The summed E-state index contributed by atoms with van der Waals surface area (Å²) < 4.78 is 0.896. The molecule has 1 aromatic heterocycles. The zero-order valence-corrected chi connectivity index (χ0v) is 17.7. The predicted octanol–water partition coefficient (Wildman–Crippen LogP) is 6.10. The first-order valence-corrected chi connectivity index (χ1v) is 10.5. The average molecular weight is 450 g/mol. The Kier molecular flexibility index (Phi) is 6.06. The van der Waals surface area contributed by atoms with Crippen LogP contribution in [0.25, 0.3) is 16.3 Å². The average Bonchev–Trinajstić information content (AvgIpc) is 3.22. The highest BCUT2D eigenvalue weighted by Crippen LogP contribution is 2.33. The van der Waals surface area contributed by atoms with Gasteiger partial charge in [0.25, 0.3) is 11.6 Å². The van der Waals surface area contributed by atoms with E-state index in [1.165, 1.54) is 29.5 Å².